The Morgan fingerprint density at radius 2 is 1.82 bits per heavy atom. The lowest BCUT2D eigenvalue weighted by Crippen LogP contribution is -2.75. The molecule has 4 saturated carbocycles. The molecule has 3 aliphatic heterocycles. The van der Waals surface area contributed by atoms with Gasteiger partial charge in [-0.15, -0.1) is 0 Å². The summed E-state index contributed by atoms with van der Waals surface area (Å²) in [6.45, 7) is 8.77. The molecule has 308 valence electrons. The maximum absolute atomic E-state index is 16.1. The fraction of sp³-hybridized carbons (Fsp3) is 0.750. The van der Waals surface area contributed by atoms with Crippen molar-refractivity contribution in [2.75, 3.05) is 41.5 Å². The van der Waals surface area contributed by atoms with Crippen molar-refractivity contribution >= 4 is 23.8 Å². The van der Waals surface area contributed by atoms with Crippen LogP contribution < -0.4 is 5.32 Å². The minimum Gasteiger partial charge on any atom is -0.460 e. The number of methoxy groups -OCH3 is 3. The van der Waals surface area contributed by atoms with Crippen molar-refractivity contribution in [3.63, 3.8) is 0 Å². The number of nitrogens with zero attached hydrogens (tertiary/aromatic N) is 1. The van der Waals surface area contributed by atoms with Crippen LogP contribution in [0.4, 0.5) is 4.79 Å². The number of rotatable bonds is 11. The molecule has 16 heteroatoms. The first-order valence-corrected chi connectivity index (χ1v) is 19.5. The van der Waals surface area contributed by atoms with E-state index in [1.165, 1.54) is 14.2 Å². The van der Waals surface area contributed by atoms with E-state index in [1.54, 1.807) is 63.1 Å². The summed E-state index contributed by atoms with van der Waals surface area (Å²) in [6.07, 6.45) is -6.59. The van der Waals surface area contributed by atoms with Crippen LogP contribution in [-0.4, -0.2) is 135 Å². The molecule has 7 fully saturated rings. The Morgan fingerprint density at radius 3 is 2.46 bits per heavy atom. The zero-order valence-corrected chi connectivity index (χ0v) is 33.2. The molecular weight excluding hydrogens is 732 g/mol. The van der Waals surface area contributed by atoms with Gasteiger partial charge in [0, 0.05) is 40.2 Å². The molecule has 3 saturated heterocycles. The average Bonchev–Trinajstić information content (AvgIpc) is 3.76. The predicted molar refractivity (Wildman–Crippen MR) is 191 cm³/mol. The van der Waals surface area contributed by atoms with Gasteiger partial charge in [-0.2, -0.15) is 0 Å². The molecular formula is C40H54N2O14. The third-order valence-electron chi connectivity index (χ3n) is 13.9. The van der Waals surface area contributed by atoms with Crippen LogP contribution in [0.25, 0.3) is 0 Å². The minimum atomic E-state index is -1.91. The number of ketones is 1. The lowest BCUT2D eigenvalue weighted by Gasteiger charge is -2.61. The number of carbonyl (C=O) groups excluding carboxylic acids is 4. The number of nitrogens with one attached hydrogen (secondary N) is 1. The summed E-state index contributed by atoms with van der Waals surface area (Å²) in [6, 6.07) is 6.35. The summed E-state index contributed by atoms with van der Waals surface area (Å²) in [4.78, 5) is 60.0. The first kappa shape index (κ1) is 39.6. The summed E-state index contributed by atoms with van der Waals surface area (Å²) >= 11 is 0. The number of benzene rings is 1. The molecule has 8 rings (SSSR count). The number of ether oxygens (including phenoxy) is 9. The van der Waals surface area contributed by atoms with Crippen LogP contribution in [0.1, 0.15) is 65.5 Å². The molecule has 2 amide bonds. The standard InChI is InChI=1S/C40H54N2O14/c1-9-42-33-39-22(49-7)15-16-37(5,34(42)46)27(39)30(51-18-48-6)40(33)38(52-19-53-40)17-21(23-24(28(39)44)29(38)55-32(23)50-8)54-31(45)26(43)25(20-13-11-10-12-14-20)41-35(47)56-36(2,3)4/h10-14,21-27,29-30,32-33,43H,9,15-19H2,1-8H3,(H,41,47)/t21-,22-,23-,24-,25-,26+,27+,29-,30-,32?,33-,37+,38+,39-,40+/m0/s1. The average molecular weight is 787 g/mol. The summed E-state index contributed by atoms with van der Waals surface area (Å²) in [5, 5.41) is 14.4. The van der Waals surface area contributed by atoms with Gasteiger partial charge in [0.05, 0.1) is 47.0 Å². The molecule has 3 spiro atoms. The second-order valence-corrected chi connectivity index (χ2v) is 17.5. The smallest absolute Gasteiger partial charge is 0.408 e. The van der Waals surface area contributed by atoms with Crippen molar-refractivity contribution in [3.05, 3.63) is 35.9 Å². The lowest BCUT2D eigenvalue weighted by molar-refractivity contribution is -0.239. The van der Waals surface area contributed by atoms with E-state index in [0.717, 1.165) is 0 Å². The van der Waals surface area contributed by atoms with Gasteiger partial charge in [-0.25, -0.2) is 9.59 Å². The van der Waals surface area contributed by atoms with E-state index in [2.05, 4.69) is 5.32 Å². The van der Waals surface area contributed by atoms with Crippen LogP contribution in [0.2, 0.25) is 0 Å². The number of amides is 2. The molecule has 1 aromatic carbocycles. The number of likely N-dealkylation sites (N-methyl/N-ethyl adjacent to an activating group) is 1. The first-order valence-electron chi connectivity index (χ1n) is 19.5. The first-order chi connectivity index (χ1) is 26.6. The molecule has 4 aliphatic carbocycles. The largest absolute Gasteiger partial charge is 0.460 e. The van der Waals surface area contributed by atoms with Crippen molar-refractivity contribution in [1.82, 2.24) is 10.2 Å². The quantitative estimate of drug-likeness (QED) is 0.246. The molecule has 1 unspecified atom stereocenters. The van der Waals surface area contributed by atoms with E-state index in [9.17, 15) is 19.5 Å². The zero-order chi connectivity index (χ0) is 40.2. The molecule has 0 aromatic heterocycles. The Bertz CT molecular complexity index is 1740. The summed E-state index contributed by atoms with van der Waals surface area (Å²) < 4.78 is 56.6. The Hall–Kier alpha value is -3.22. The molecule has 16 nitrogen and oxygen atoms in total. The topological polar surface area (TPSA) is 187 Å². The molecule has 7 aliphatic rings. The Balaban J connectivity index is 1.25. The maximum Gasteiger partial charge on any atom is 0.408 e. The highest BCUT2D eigenvalue weighted by atomic mass is 16.8. The number of aliphatic hydroxyl groups is 1. The third kappa shape index (κ3) is 5.05. The van der Waals surface area contributed by atoms with E-state index in [0.29, 0.717) is 18.4 Å². The lowest BCUT2D eigenvalue weighted by atomic mass is 9.47. The fourth-order valence-corrected chi connectivity index (χ4v) is 12.3. The van der Waals surface area contributed by atoms with Gasteiger partial charge in [0.25, 0.3) is 0 Å². The van der Waals surface area contributed by atoms with Crippen LogP contribution in [-0.2, 0) is 57.0 Å². The Morgan fingerprint density at radius 1 is 1.09 bits per heavy atom. The number of alkyl carbamates (subject to hydrolysis) is 1. The van der Waals surface area contributed by atoms with Crippen LogP contribution in [0.15, 0.2) is 30.3 Å². The number of Topliss-reactive ketones (excluding diaryl/α,β-unsaturated/α-hetero) is 1. The molecule has 0 radical (unpaired) electrons. The molecule has 2 N–H and O–H groups in total. The molecule has 1 aromatic rings. The zero-order valence-electron chi connectivity index (χ0n) is 33.2. The Kier molecular flexibility index (Phi) is 9.68. The van der Waals surface area contributed by atoms with Gasteiger partial charge >= 0.3 is 12.1 Å². The van der Waals surface area contributed by atoms with E-state index >= 15 is 4.79 Å². The normalized spacial score (nSPS) is 42.8. The highest BCUT2D eigenvalue weighted by molar-refractivity contribution is 5.98. The minimum absolute atomic E-state index is 0.0494. The van der Waals surface area contributed by atoms with Gasteiger partial charge in [0.2, 0.25) is 5.91 Å². The van der Waals surface area contributed by atoms with E-state index in [1.807, 2.05) is 13.8 Å². The van der Waals surface area contributed by atoms with Gasteiger partial charge in [-0.1, -0.05) is 37.3 Å². The highest BCUT2D eigenvalue weighted by Gasteiger charge is 2.94. The molecule has 56 heavy (non-hydrogen) atoms. The highest BCUT2D eigenvalue weighted by Crippen LogP contribution is 2.77. The van der Waals surface area contributed by atoms with Crippen molar-refractivity contribution in [2.45, 2.75) is 120 Å². The number of carbonyl (C=O) groups is 4. The van der Waals surface area contributed by atoms with Gasteiger partial charge in [0.15, 0.2) is 23.8 Å². The third-order valence-corrected chi connectivity index (χ3v) is 13.9. The van der Waals surface area contributed by atoms with E-state index < -0.39 is 106 Å². The number of hydrogen-bond acceptors (Lipinski definition) is 14. The maximum atomic E-state index is 16.1. The van der Waals surface area contributed by atoms with Crippen molar-refractivity contribution in [3.8, 4) is 0 Å². The Labute approximate surface area is 326 Å². The number of esters is 1. The molecule has 9 bridgehead atoms. The van der Waals surface area contributed by atoms with Crippen LogP contribution >= 0.6 is 0 Å². The number of aliphatic hydroxyl groups excluding tert-OH is 1. The monoisotopic (exact) mass is 786 g/mol. The van der Waals surface area contributed by atoms with Crippen LogP contribution in [0, 0.1) is 28.6 Å². The molecule has 15 atom stereocenters. The number of piperidine rings is 1. The van der Waals surface area contributed by atoms with Gasteiger partial charge in [-0.05, 0) is 46.1 Å². The van der Waals surface area contributed by atoms with Crippen molar-refractivity contribution in [2.24, 2.45) is 28.6 Å². The summed E-state index contributed by atoms with van der Waals surface area (Å²) in [5.41, 5.74) is -5.86. The fourth-order valence-electron chi connectivity index (χ4n) is 12.3. The predicted octanol–water partition coefficient (Wildman–Crippen LogP) is 2.25. The van der Waals surface area contributed by atoms with Gasteiger partial charge in [0.1, 0.15) is 37.0 Å². The number of hydrogen-bond donors (Lipinski definition) is 2. The van der Waals surface area contributed by atoms with Crippen molar-refractivity contribution in [1.29, 1.82) is 0 Å². The van der Waals surface area contributed by atoms with Crippen LogP contribution in [0.5, 0.6) is 0 Å². The summed E-state index contributed by atoms with van der Waals surface area (Å²) in [7, 11) is 4.54. The second kappa shape index (κ2) is 13.7. The molecule has 3 heterocycles. The number of likely N-dealkylation sites (tertiary alicyclic amines) is 1. The second-order valence-electron chi connectivity index (χ2n) is 17.5. The summed E-state index contributed by atoms with van der Waals surface area (Å²) in [5.74, 6) is -3.88. The van der Waals surface area contributed by atoms with Gasteiger partial charge in [-0.3, -0.25) is 9.59 Å². The SMILES string of the molecule is CCN1C(=O)[C@]2(C)CC[C@H](OC)[C@@]34C(=O)[C@@H]5[C@H]6C(OC)O[C@@H]5[C@@]5(C[C@@H]6OC(=O)[C@H](O)[C@@H](NC(=O)OC(C)(C)C)c6ccccc6)OCO[C@]5([C@@H](OCOC)[C@@H]32)[C@@H]14. The van der Waals surface area contributed by atoms with Crippen molar-refractivity contribution < 1.29 is 66.9 Å². The van der Waals surface area contributed by atoms with Crippen LogP contribution in [0.3, 0.4) is 0 Å². The van der Waals surface area contributed by atoms with E-state index in [4.69, 9.17) is 42.6 Å². The van der Waals surface area contributed by atoms with Gasteiger partial charge < -0.3 is 58.0 Å². The van der Waals surface area contributed by atoms with E-state index in [-0.39, 0.29) is 38.2 Å².